The molecule has 0 unspecified atom stereocenters. The maximum Gasteiger partial charge on any atom is 0 e. The van der Waals surface area contributed by atoms with Crippen LogP contribution in [0.15, 0.2) is 89.6 Å². The van der Waals surface area contributed by atoms with Crippen LogP contribution in [0.2, 0.25) is 36.9 Å². The van der Waals surface area contributed by atoms with Crippen molar-refractivity contribution in [3.63, 3.8) is 0 Å². The van der Waals surface area contributed by atoms with Crippen LogP contribution < -0.4 is 9.58 Å². The van der Waals surface area contributed by atoms with Crippen molar-refractivity contribution in [1.29, 1.82) is 0 Å². The fourth-order valence-corrected chi connectivity index (χ4v) is 9.77. The number of aromatic nitrogens is 2. The Kier molecular flexibility index (Phi) is 11.9. The smallest absolute Gasteiger partial charge is 0 e. The molecule has 0 spiro atoms. The molecule has 0 amide bonds. The molecule has 3 aromatic carbocycles. The Balaban J connectivity index is 0.000000216. The Bertz CT molecular complexity index is 1950. The van der Waals surface area contributed by atoms with Gasteiger partial charge in [0, 0.05) is 26.3 Å². The molecule has 47 heavy (non-hydrogen) atoms. The monoisotopic (exact) mass is 879 g/mol. The molecule has 6 rings (SSSR count). The van der Waals surface area contributed by atoms with Crippen molar-refractivity contribution in [3.05, 3.63) is 108 Å². The molecule has 0 fully saturated rings. The van der Waals surface area contributed by atoms with Gasteiger partial charge in [-0.1, -0.05) is 45.1 Å². The molecule has 1 radical (unpaired) electrons. The summed E-state index contributed by atoms with van der Waals surface area (Å²) in [6, 6.07) is 32.1. The van der Waals surface area contributed by atoms with Gasteiger partial charge in [0.05, 0.1) is 8.07 Å². The zero-order valence-corrected chi connectivity index (χ0v) is 35.1. The molecule has 3 nitrogen and oxygen atoms in total. The van der Waals surface area contributed by atoms with E-state index in [-0.39, 0.29) is 20.1 Å². The van der Waals surface area contributed by atoms with Gasteiger partial charge in [0.1, 0.15) is 0 Å². The third kappa shape index (κ3) is 9.00. The van der Waals surface area contributed by atoms with Crippen LogP contribution in [0.3, 0.4) is 0 Å². The van der Waals surface area contributed by atoms with Gasteiger partial charge in [-0.2, -0.15) is 0 Å². The van der Waals surface area contributed by atoms with Crippen LogP contribution in [0.25, 0.3) is 44.5 Å². The molecule has 6 aromatic rings. The van der Waals surface area contributed by atoms with Crippen molar-refractivity contribution in [1.82, 2.24) is 9.97 Å². The van der Waals surface area contributed by atoms with Crippen LogP contribution in [0.1, 0.15) is 44.7 Å². The predicted molar refractivity (Wildman–Crippen MR) is 203 cm³/mol. The minimum absolute atomic E-state index is 0. The van der Waals surface area contributed by atoms with Crippen LogP contribution in [0.5, 0.6) is 0 Å². The summed E-state index contributed by atoms with van der Waals surface area (Å²) >= 11 is -1.87. The molecule has 0 N–H and O–H groups in total. The van der Waals surface area contributed by atoms with Crippen LogP contribution in [0.4, 0.5) is 0 Å². The first-order chi connectivity index (χ1) is 21.7. The zero-order chi connectivity index (χ0) is 33.2. The van der Waals surface area contributed by atoms with Gasteiger partial charge in [-0.15, -0.1) is 35.9 Å². The van der Waals surface area contributed by atoms with Gasteiger partial charge in [-0.25, -0.2) is 0 Å². The Morgan fingerprint density at radius 2 is 1.53 bits per heavy atom. The molecule has 0 saturated carbocycles. The molecule has 247 valence electrons. The normalized spacial score (nSPS) is 11.9. The molecule has 0 bridgehead atoms. The fourth-order valence-electron chi connectivity index (χ4n) is 5.77. The molecule has 0 atom stereocenters. The van der Waals surface area contributed by atoms with Gasteiger partial charge in [-0.05, 0) is 23.2 Å². The average molecular weight is 878 g/mol. The van der Waals surface area contributed by atoms with E-state index in [0.717, 1.165) is 45.5 Å². The third-order valence-corrected chi connectivity index (χ3v) is 14.8. The van der Waals surface area contributed by atoms with Crippen molar-refractivity contribution < 1.29 is 24.5 Å². The summed E-state index contributed by atoms with van der Waals surface area (Å²) in [5.74, 6) is 8.37. The average Bonchev–Trinajstić information content (AvgIpc) is 3.38. The summed E-state index contributed by atoms with van der Waals surface area (Å²) in [7, 11) is -1.34. The minimum atomic E-state index is -1.87. The standard InChI is InChI=1S/C23H24GeNO.C18H24NSi.Ir/c1-15(2)16-10-11-25-21(13-16)17-6-9-22-20(12-17)19-8-7-18(24(3,4)5)14-23(19)26-22;1-14(2)11-16-12-17(15-9-7-6-8-10-15)19-13-18(16)20(3,4)5;/h7-15H,1-5H3;6-9,12-14H,11H2,1-5H3;/q2*-1;. The van der Waals surface area contributed by atoms with E-state index >= 15 is 0 Å². The Morgan fingerprint density at radius 3 is 2.17 bits per heavy atom. The number of rotatable bonds is 7. The molecule has 0 aliphatic carbocycles. The number of benzene rings is 3. The maximum absolute atomic E-state index is 6.12. The van der Waals surface area contributed by atoms with Crippen LogP contribution in [-0.2, 0) is 26.5 Å². The van der Waals surface area contributed by atoms with Crippen molar-refractivity contribution in [2.24, 2.45) is 5.92 Å². The number of nitrogens with zero attached hydrogens (tertiary/aromatic N) is 2. The summed E-state index contributed by atoms with van der Waals surface area (Å²) in [4.78, 5) is 9.24. The van der Waals surface area contributed by atoms with Crippen molar-refractivity contribution in [2.45, 2.75) is 76.9 Å². The number of furan rings is 1. The van der Waals surface area contributed by atoms with Gasteiger partial charge in [-0.3, -0.25) is 0 Å². The van der Waals surface area contributed by atoms with E-state index in [4.69, 9.17) is 4.42 Å². The molecule has 0 aliphatic heterocycles. The Hall–Kier alpha value is -2.83. The summed E-state index contributed by atoms with van der Waals surface area (Å²) in [5, 5.41) is 3.80. The van der Waals surface area contributed by atoms with E-state index in [2.05, 4.69) is 141 Å². The Morgan fingerprint density at radius 1 is 0.787 bits per heavy atom. The summed E-state index contributed by atoms with van der Waals surface area (Å²) in [6.45, 7) is 16.1. The molecule has 3 aromatic heterocycles. The second-order valence-corrected chi connectivity index (χ2v) is 30.9. The Labute approximate surface area is 299 Å². The molecular weight excluding hydrogens is 829 g/mol. The fraction of sp³-hybridized carbons (Fsp3) is 0.317. The van der Waals surface area contributed by atoms with Crippen LogP contribution in [0, 0.1) is 18.1 Å². The number of fused-ring (bicyclic) bond motifs is 3. The molecular formula is C41H48GeIrN2OSi-2. The van der Waals surface area contributed by atoms with Gasteiger partial charge >= 0.3 is 158 Å². The van der Waals surface area contributed by atoms with Gasteiger partial charge in [0.15, 0.2) is 0 Å². The number of hydrogen-bond donors (Lipinski definition) is 0. The van der Waals surface area contributed by atoms with Crippen molar-refractivity contribution in [3.8, 4) is 22.5 Å². The van der Waals surface area contributed by atoms with E-state index in [1.54, 1.807) is 0 Å². The quantitative estimate of drug-likeness (QED) is 0.118. The van der Waals surface area contributed by atoms with Gasteiger partial charge in [0.2, 0.25) is 0 Å². The zero-order valence-electron chi connectivity index (χ0n) is 29.6. The van der Waals surface area contributed by atoms with E-state index in [1.165, 1.54) is 26.1 Å². The summed E-state index contributed by atoms with van der Waals surface area (Å²) in [6.07, 6.45) is 5.13. The van der Waals surface area contributed by atoms with E-state index in [1.807, 2.05) is 30.5 Å². The first-order valence-electron chi connectivity index (χ1n) is 16.5. The van der Waals surface area contributed by atoms with Crippen molar-refractivity contribution in [2.75, 3.05) is 0 Å². The molecule has 3 heterocycles. The first kappa shape index (κ1) is 37.0. The topological polar surface area (TPSA) is 38.9 Å². The maximum atomic E-state index is 6.12. The second kappa shape index (κ2) is 15.2. The largest absolute Gasteiger partial charge is 0 e. The van der Waals surface area contributed by atoms with E-state index in [9.17, 15) is 0 Å². The minimum Gasteiger partial charge on any atom is 0 e. The molecule has 6 heteroatoms. The second-order valence-electron chi connectivity index (χ2n) is 15.2. The van der Waals surface area contributed by atoms with Gasteiger partial charge < -0.3 is 4.98 Å². The van der Waals surface area contributed by atoms with Gasteiger partial charge in [0.25, 0.3) is 0 Å². The van der Waals surface area contributed by atoms with E-state index in [0.29, 0.717) is 11.8 Å². The first-order valence-corrected chi connectivity index (χ1v) is 27.4. The van der Waals surface area contributed by atoms with Crippen LogP contribution >= 0.6 is 0 Å². The third-order valence-electron chi connectivity index (χ3n) is 8.41. The summed E-state index contributed by atoms with van der Waals surface area (Å²) < 4.78 is 7.58. The number of pyridine rings is 2. The molecule has 0 saturated heterocycles. The number of hydrogen-bond acceptors (Lipinski definition) is 3. The van der Waals surface area contributed by atoms with E-state index < -0.39 is 21.3 Å². The SMILES string of the molecule is CC(C)Cc1cc(-c2[c-]cccc2)ncc1[Si](C)(C)C.CC(C)c1ccnc(-c2[c-]cc3oc4c[c]([Ge]([CH3])([CH3])[CH3])ccc4c3c2)c1.[Ir]. The van der Waals surface area contributed by atoms with Crippen LogP contribution in [-0.4, -0.2) is 31.3 Å². The molecule has 0 aliphatic rings. The predicted octanol–water partition coefficient (Wildman–Crippen LogP) is 10.4. The summed E-state index contributed by atoms with van der Waals surface area (Å²) in [5.41, 5.74) is 8.75. The van der Waals surface area contributed by atoms with Crippen molar-refractivity contribution >= 4 is 52.9 Å².